The van der Waals surface area contributed by atoms with E-state index >= 15 is 0 Å². The number of carbonyl (C=O) groups is 1. The highest BCUT2D eigenvalue weighted by Crippen LogP contribution is 2.34. The molecule has 100 valence electrons. The van der Waals surface area contributed by atoms with Crippen LogP contribution < -0.4 is 5.48 Å². The van der Waals surface area contributed by atoms with Gasteiger partial charge in [-0.2, -0.15) is 0 Å². The van der Waals surface area contributed by atoms with E-state index in [1.807, 2.05) is 17.2 Å². The van der Waals surface area contributed by atoms with Gasteiger partial charge < -0.3 is 4.90 Å². The molecule has 0 aliphatic carbocycles. The van der Waals surface area contributed by atoms with Crippen molar-refractivity contribution < 1.29 is 9.63 Å². The van der Waals surface area contributed by atoms with Crippen LogP contribution in [0, 0.1) is 0 Å². The molecule has 0 spiro atoms. The van der Waals surface area contributed by atoms with Crippen molar-refractivity contribution in [2.45, 2.75) is 44.4 Å². The van der Waals surface area contributed by atoms with Gasteiger partial charge in [0.25, 0.3) is 0 Å². The second-order valence-electron chi connectivity index (χ2n) is 5.45. The summed E-state index contributed by atoms with van der Waals surface area (Å²) in [5.41, 5.74) is 2.45. The summed E-state index contributed by atoms with van der Waals surface area (Å²) in [5.74, 6) is 0.258. The van der Waals surface area contributed by atoms with Crippen molar-refractivity contribution in [2.24, 2.45) is 0 Å². The fraction of sp³-hybridized carbons (Fsp3) is 0.769. The van der Waals surface area contributed by atoms with Crippen LogP contribution in [0.25, 0.3) is 0 Å². The maximum Gasteiger partial charge on any atom is 0.224 e. The van der Waals surface area contributed by atoms with Crippen LogP contribution in [0.2, 0.25) is 0 Å². The van der Waals surface area contributed by atoms with Crippen LogP contribution in [0.15, 0.2) is 12.3 Å². The first-order valence-corrected chi connectivity index (χ1v) is 6.86. The van der Waals surface area contributed by atoms with Gasteiger partial charge in [-0.15, -0.1) is 0 Å². The number of nitrogens with one attached hydrogen (secondary N) is 1. The van der Waals surface area contributed by atoms with Gasteiger partial charge in [0.05, 0.1) is 0 Å². The minimum absolute atomic E-state index is 0.0855. The summed E-state index contributed by atoms with van der Waals surface area (Å²) in [6, 6.07) is 0. The minimum Gasteiger partial charge on any atom is -0.321 e. The smallest absolute Gasteiger partial charge is 0.224 e. The molecule has 0 aromatic heterocycles. The van der Waals surface area contributed by atoms with E-state index in [2.05, 4.69) is 17.3 Å². The first-order valence-electron chi connectivity index (χ1n) is 6.86. The van der Waals surface area contributed by atoms with Crippen LogP contribution in [-0.2, 0) is 9.63 Å². The number of hydrogen-bond donors (Lipinski definition) is 1. The average Bonchev–Trinajstić information content (AvgIpc) is 3.11. The predicted octanol–water partition coefficient (Wildman–Crippen LogP) is 0.838. The van der Waals surface area contributed by atoms with Crippen molar-refractivity contribution in [1.82, 2.24) is 15.3 Å². The SMILES string of the molecule is CC(C1C=CNO1)(N1CCCC1)N1CCCC1=O. The van der Waals surface area contributed by atoms with Gasteiger partial charge in [-0.25, -0.2) is 0 Å². The molecule has 0 radical (unpaired) electrons. The van der Waals surface area contributed by atoms with Crippen molar-refractivity contribution in [3.63, 3.8) is 0 Å². The van der Waals surface area contributed by atoms with Crippen molar-refractivity contribution in [2.75, 3.05) is 19.6 Å². The van der Waals surface area contributed by atoms with E-state index in [9.17, 15) is 4.79 Å². The fourth-order valence-electron chi connectivity index (χ4n) is 3.37. The van der Waals surface area contributed by atoms with Crippen molar-refractivity contribution >= 4 is 5.91 Å². The molecule has 1 amide bonds. The summed E-state index contributed by atoms with van der Waals surface area (Å²) in [5, 5.41) is 0. The first kappa shape index (κ1) is 12.0. The van der Waals surface area contributed by atoms with Crippen molar-refractivity contribution in [1.29, 1.82) is 0 Å². The molecule has 5 nitrogen and oxygen atoms in total. The number of amides is 1. The molecule has 3 heterocycles. The molecular formula is C13H21N3O2. The Balaban J connectivity index is 1.90. The lowest BCUT2D eigenvalue weighted by molar-refractivity contribution is -0.158. The van der Waals surface area contributed by atoms with Gasteiger partial charge >= 0.3 is 0 Å². The highest BCUT2D eigenvalue weighted by atomic mass is 16.7. The van der Waals surface area contributed by atoms with Gasteiger partial charge in [0.1, 0.15) is 11.8 Å². The second kappa shape index (κ2) is 4.55. The maximum absolute atomic E-state index is 12.1. The Labute approximate surface area is 108 Å². The molecule has 1 N–H and O–H groups in total. The summed E-state index contributed by atoms with van der Waals surface area (Å²) in [4.78, 5) is 22.1. The van der Waals surface area contributed by atoms with Crippen LogP contribution in [0.1, 0.15) is 32.6 Å². The Morgan fingerprint density at radius 3 is 2.67 bits per heavy atom. The van der Waals surface area contributed by atoms with E-state index in [0.717, 1.165) is 26.1 Å². The van der Waals surface area contributed by atoms with Crippen LogP contribution in [-0.4, -0.2) is 47.1 Å². The zero-order chi connectivity index (χ0) is 12.6. The minimum atomic E-state index is -0.343. The number of carbonyl (C=O) groups excluding carboxylic acids is 1. The molecule has 0 bridgehead atoms. The Bertz CT molecular complexity index is 365. The topological polar surface area (TPSA) is 44.8 Å². The van der Waals surface area contributed by atoms with Gasteiger partial charge in [-0.3, -0.25) is 20.0 Å². The monoisotopic (exact) mass is 251 g/mol. The Morgan fingerprint density at radius 2 is 2.11 bits per heavy atom. The number of likely N-dealkylation sites (tertiary alicyclic amines) is 2. The molecule has 0 saturated carbocycles. The summed E-state index contributed by atoms with van der Waals surface area (Å²) >= 11 is 0. The summed E-state index contributed by atoms with van der Waals surface area (Å²) in [6.07, 6.45) is 7.81. The van der Waals surface area contributed by atoms with Crippen molar-refractivity contribution in [3.8, 4) is 0 Å². The molecule has 3 rings (SSSR count). The van der Waals surface area contributed by atoms with E-state index < -0.39 is 0 Å². The highest BCUT2D eigenvalue weighted by Gasteiger charge is 2.49. The number of rotatable bonds is 3. The van der Waals surface area contributed by atoms with Gasteiger partial charge in [-0.05, 0) is 32.3 Å². The van der Waals surface area contributed by atoms with Crippen molar-refractivity contribution in [3.05, 3.63) is 12.3 Å². The van der Waals surface area contributed by atoms with E-state index in [-0.39, 0.29) is 17.7 Å². The third kappa shape index (κ3) is 1.73. The highest BCUT2D eigenvalue weighted by molar-refractivity contribution is 5.79. The van der Waals surface area contributed by atoms with E-state index in [4.69, 9.17) is 4.84 Å². The van der Waals surface area contributed by atoms with E-state index in [1.165, 1.54) is 12.8 Å². The molecule has 3 aliphatic rings. The first-order chi connectivity index (χ1) is 8.73. The molecule has 3 aliphatic heterocycles. The van der Waals surface area contributed by atoms with Gasteiger partial charge in [-0.1, -0.05) is 0 Å². The third-order valence-electron chi connectivity index (χ3n) is 4.44. The predicted molar refractivity (Wildman–Crippen MR) is 67.3 cm³/mol. The summed E-state index contributed by atoms with van der Waals surface area (Å²) in [7, 11) is 0. The Hall–Kier alpha value is -1.07. The zero-order valence-electron chi connectivity index (χ0n) is 10.9. The molecular weight excluding hydrogens is 230 g/mol. The second-order valence-corrected chi connectivity index (χ2v) is 5.45. The average molecular weight is 251 g/mol. The quantitative estimate of drug-likeness (QED) is 0.807. The molecule has 18 heavy (non-hydrogen) atoms. The lowest BCUT2D eigenvalue weighted by Crippen LogP contribution is -2.64. The van der Waals surface area contributed by atoms with Crippen LogP contribution in [0.3, 0.4) is 0 Å². The molecule has 2 atom stereocenters. The zero-order valence-corrected chi connectivity index (χ0v) is 10.9. The Kier molecular flexibility index (Phi) is 3.03. The molecule has 2 fully saturated rings. The summed E-state index contributed by atoms with van der Waals surface area (Å²) < 4.78 is 0. The Morgan fingerprint density at radius 1 is 1.33 bits per heavy atom. The van der Waals surface area contributed by atoms with Gasteiger partial charge in [0, 0.05) is 32.3 Å². The normalized spacial score (nSPS) is 31.9. The number of hydroxylamine groups is 1. The molecule has 0 aromatic carbocycles. The van der Waals surface area contributed by atoms with Gasteiger partial charge in [0.15, 0.2) is 0 Å². The largest absolute Gasteiger partial charge is 0.321 e. The van der Waals surface area contributed by atoms with Crippen LogP contribution in [0.4, 0.5) is 0 Å². The molecule has 5 heteroatoms. The molecule has 0 aromatic rings. The third-order valence-corrected chi connectivity index (χ3v) is 4.44. The lowest BCUT2D eigenvalue weighted by atomic mass is 10.0. The maximum atomic E-state index is 12.1. The molecule has 2 unspecified atom stereocenters. The fourth-order valence-corrected chi connectivity index (χ4v) is 3.37. The molecule has 2 saturated heterocycles. The van der Waals surface area contributed by atoms with E-state index in [0.29, 0.717) is 6.42 Å². The van der Waals surface area contributed by atoms with Gasteiger partial charge in [0.2, 0.25) is 5.91 Å². The number of hydrogen-bond acceptors (Lipinski definition) is 4. The van der Waals surface area contributed by atoms with Crippen LogP contribution in [0.5, 0.6) is 0 Å². The lowest BCUT2D eigenvalue weighted by Gasteiger charge is -2.47. The standard InChI is InChI=1S/C13H21N3O2/c1-13(11-6-7-14-18-11,15-8-2-3-9-15)16-10-4-5-12(16)17/h6-7,11,14H,2-5,8-10H2,1H3. The van der Waals surface area contributed by atoms with E-state index in [1.54, 1.807) is 0 Å². The number of nitrogens with zero attached hydrogens (tertiary/aromatic N) is 2. The summed E-state index contributed by atoms with van der Waals surface area (Å²) in [6.45, 7) is 5.09. The van der Waals surface area contributed by atoms with Crippen LogP contribution >= 0.6 is 0 Å².